The average Bonchev–Trinajstić information content (AvgIpc) is 3.11. The maximum Gasteiger partial charge on any atom is 0.416 e. The van der Waals surface area contributed by atoms with Gasteiger partial charge in [-0.05, 0) is 64.7 Å². The van der Waals surface area contributed by atoms with Gasteiger partial charge < -0.3 is 10.1 Å². The van der Waals surface area contributed by atoms with Crippen molar-refractivity contribution in [1.29, 1.82) is 0 Å². The van der Waals surface area contributed by atoms with E-state index >= 15 is 0 Å². The fraction of sp³-hybridized carbons (Fsp3) is 0.630. The summed E-state index contributed by atoms with van der Waals surface area (Å²) in [6.07, 6.45) is -1.79. The SMILES string of the molecule is CC[C@@H](c1ccc(C(F)(F)F)cc1)N1CCN(C2(C)CCN(C(=O)c3c(C)nn(O)c3C)CC2)CC1C. The highest BCUT2D eigenvalue weighted by molar-refractivity contribution is 5.96. The molecule has 7 nitrogen and oxygen atoms in total. The minimum atomic E-state index is -4.33. The van der Waals surface area contributed by atoms with Crippen molar-refractivity contribution < 1.29 is 23.2 Å². The molecule has 1 aromatic heterocycles. The van der Waals surface area contributed by atoms with Gasteiger partial charge in [-0.25, -0.2) is 0 Å². The summed E-state index contributed by atoms with van der Waals surface area (Å²) in [7, 11) is 0. The van der Waals surface area contributed by atoms with Gasteiger partial charge in [-0.15, -0.1) is 9.94 Å². The van der Waals surface area contributed by atoms with Gasteiger partial charge in [-0.3, -0.25) is 14.6 Å². The molecule has 1 unspecified atom stereocenters. The number of aryl methyl sites for hydroxylation is 1. The first-order chi connectivity index (χ1) is 17.4. The molecule has 0 aliphatic carbocycles. The predicted octanol–water partition coefficient (Wildman–Crippen LogP) is 4.91. The standard InChI is InChI=1S/C27H38F3N5O2/c1-6-23(21-7-9-22(10-8-21)27(28,29)30)34-16-15-33(17-18(34)2)26(5)11-13-32(14-12-26)25(36)24-19(3)31-35(37)20(24)4/h7-10,18,23,37H,6,11-17H2,1-5H3/t18?,23-/m0/s1. The molecule has 1 aromatic carbocycles. The Balaban J connectivity index is 1.38. The molecule has 2 fully saturated rings. The summed E-state index contributed by atoms with van der Waals surface area (Å²) in [5, 5.41) is 13.8. The fourth-order valence-corrected chi connectivity index (χ4v) is 6.09. The van der Waals surface area contributed by atoms with E-state index in [0.717, 1.165) is 49.3 Å². The molecule has 37 heavy (non-hydrogen) atoms. The van der Waals surface area contributed by atoms with Gasteiger partial charge in [0.25, 0.3) is 5.91 Å². The number of rotatable bonds is 5. The average molecular weight is 522 g/mol. The number of halogens is 3. The molecular weight excluding hydrogens is 483 g/mol. The molecule has 10 heteroatoms. The second-order valence-corrected chi connectivity index (χ2v) is 10.8. The largest absolute Gasteiger partial charge is 0.416 e. The van der Waals surface area contributed by atoms with Crippen LogP contribution in [0.25, 0.3) is 0 Å². The highest BCUT2D eigenvalue weighted by Crippen LogP contribution is 2.36. The quantitative estimate of drug-likeness (QED) is 0.567. The highest BCUT2D eigenvalue weighted by atomic mass is 19.4. The first-order valence-corrected chi connectivity index (χ1v) is 13.1. The highest BCUT2D eigenvalue weighted by Gasteiger charge is 2.41. The minimum absolute atomic E-state index is 0.0293. The summed E-state index contributed by atoms with van der Waals surface area (Å²) in [6, 6.07) is 5.93. The summed E-state index contributed by atoms with van der Waals surface area (Å²) >= 11 is 0. The molecule has 3 heterocycles. The van der Waals surface area contributed by atoms with Crippen LogP contribution in [-0.4, -0.2) is 80.1 Å². The van der Waals surface area contributed by atoms with E-state index in [1.54, 1.807) is 26.0 Å². The molecule has 0 radical (unpaired) electrons. The van der Waals surface area contributed by atoms with Crippen LogP contribution in [0.15, 0.2) is 24.3 Å². The number of hydrogen-bond acceptors (Lipinski definition) is 5. The van der Waals surface area contributed by atoms with Crippen LogP contribution < -0.4 is 0 Å². The Morgan fingerprint density at radius 1 is 1.14 bits per heavy atom. The molecule has 2 aromatic rings. The Kier molecular flexibility index (Phi) is 7.63. The summed E-state index contributed by atoms with van der Waals surface area (Å²) in [5.74, 6) is -0.0853. The number of nitrogens with zero attached hydrogens (tertiary/aromatic N) is 5. The van der Waals surface area contributed by atoms with E-state index < -0.39 is 11.7 Å². The van der Waals surface area contributed by atoms with E-state index in [9.17, 15) is 23.2 Å². The molecule has 1 amide bonds. The third kappa shape index (κ3) is 5.36. The monoisotopic (exact) mass is 521 g/mol. The van der Waals surface area contributed by atoms with Crippen LogP contribution in [-0.2, 0) is 6.18 Å². The zero-order chi connectivity index (χ0) is 27.1. The van der Waals surface area contributed by atoms with Crippen molar-refractivity contribution in [3.63, 3.8) is 0 Å². The van der Waals surface area contributed by atoms with Gasteiger partial charge in [0, 0.05) is 50.3 Å². The number of hydrogen-bond donors (Lipinski definition) is 1. The van der Waals surface area contributed by atoms with Crippen molar-refractivity contribution in [2.24, 2.45) is 0 Å². The predicted molar refractivity (Wildman–Crippen MR) is 135 cm³/mol. The molecule has 0 bridgehead atoms. The van der Waals surface area contributed by atoms with Crippen molar-refractivity contribution in [3.05, 3.63) is 52.3 Å². The third-order valence-electron chi connectivity index (χ3n) is 8.46. The summed E-state index contributed by atoms with van der Waals surface area (Å²) in [6.45, 7) is 13.8. The number of piperidine rings is 1. The van der Waals surface area contributed by atoms with Gasteiger partial charge in [0.2, 0.25) is 0 Å². The van der Waals surface area contributed by atoms with Crippen molar-refractivity contribution in [2.45, 2.75) is 77.7 Å². The van der Waals surface area contributed by atoms with Gasteiger partial charge in [0.15, 0.2) is 0 Å². The maximum atomic E-state index is 13.1. The Hall–Kier alpha value is -2.59. The number of benzene rings is 1. The van der Waals surface area contributed by atoms with Crippen LogP contribution in [0.2, 0.25) is 0 Å². The van der Waals surface area contributed by atoms with E-state index in [0.29, 0.717) is 30.0 Å². The lowest BCUT2D eigenvalue weighted by molar-refractivity contribution is -0.137. The number of carbonyl (C=O) groups is 1. The van der Waals surface area contributed by atoms with Crippen LogP contribution in [0.1, 0.15) is 78.9 Å². The van der Waals surface area contributed by atoms with E-state index in [4.69, 9.17) is 0 Å². The molecular formula is C27H38F3N5O2. The van der Waals surface area contributed by atoms with Crippen LogP contribution in [0.3, 0.4) is 0 Å². The van der Waals surface area contributed by atoms with Crippen LogP contribution in [0.4, 0.5) is 13.2 Å². The molecule has 204 valence electrons. The van der Waals surface area contributed by atoms with Gasteiger partial charge in [-0.2, -0.15) is 13.2 Å². The number of amides is 1. The molecule has 1 N–H and O–H groups in total. The Bertz CT molecular complexity index is 1110. The second kappa shape index (κ2) is 10.3. The van der Waals surface area contributed by atoms with Crippen molar-refractivity contribution >= 4 is 5.91 Å². The summed E-state index contributed by atoms with van der Waals surface area (Å²) < 4.78 is 39.0. The first-order valence-electron chi connectivity index (χ1n) is 13.1. The first kappa shape index (κ1) is 27.4. The topological polar surface area (TPSA) is 64.8 Å². The van der Waals surface area contributed by atoms with E-state index in [1.165, 1.54) is 12.1 Å². The van der Waals surface area contributed by atoms with Gasteiger partial charge >= 0.3 is 6.18 Å². The Morgan fingerprint density at radius 2 is 1.76 bits per heavy atom. The van der Waals surface area contributed by atoms with Crippen LogP contribution >= 0.6 is 0 Å². The maximum absolute atomic E-state index is 13.1. The molecule has 0 spiro atoms. The molecule has 2 aliphatic rings. The lowest BCUT2D eigenvalue weighted by Crippen LogP contribution is -2.62. The third-order valence-corrected chi connectivity index (χ3v) is 8.46. The van der Waals surface area contributed by atoms with Crippen LogP contribution in [0.5, 0.6) is 0 Å². The lowest BCUT2D eigenvalue weighted by atomic mass is 9.85. The van der Waals surface area contributed by atoms with Crippen molar-refractivity contribution in [3.8, 4) is 0 Å². The number of alkyl halides is 3. The second-order valence-electron chi connectivity index (χ2n) is 10.8. The van der Waals surface area contributed by atoms with Crippen molar-refractivity contribution in [1.82, 2.24) is 24.6 Å². The zero-order valence-electron chi connectivity index (χ0n) is 22.3. The Labute approximate surface area is 216 Å². The minimum Gasteiger partial charge on any atom is -0.411 e. The lowest BCUT2D eigenvalue weighted by Gasteiger charge is -2.52. The zero-order valence-corrected chi connectivity index (χ0v) is 22.3. The summed E-state index contributed by atoms with van der Waals surface area (Å²) in [5.41, 5.74) is 1.74. The molecule has 2 saturated heterocycles. The van der Waals surface area contributed by atoms with Gasteiger partial charge in [0.1, 0.15) is 0 Å². The summed E-state index contributed by atoms with van der Waals surface area (Å²) in [4.78, 5) is 20.7. The van der Waals surface area contributed by atoms with Gasteiger partial charge in [0.05, 0.1) is 22.5 Å². The van der Waals surface area contributed by atoms with Crippen LogP contribution in [0, 0.1) is 13.8 Å². The fourth-order valence-electron chi connectivity index (χ4n) is 6.09. The smallest absolute Gasteiger partial charge is 0.411 e. The number of carbonyl (C=O) groups excluding carboxylic acids is 1. The van der Waals surface area contributed by atoms with E-state index in [1.807, 2.05) is 4.90 Å². The Morgan fingerprint density at radius 3 is 2.24 bits per heavy atom. The number of piperazine rings is 1. The van der Waals surface area contributed by atoms with E-state index in [2.05, 4.69) is 35.7 Å². The molecule has 0 saturated carbocycles. The van der Waals surface area contributed by atoms with Gasteiger partial charge in [-0.1, -0.05) is 19.1 Å². The number of aromatic nitrogens is 2. The molecule has 2 atom stereocenters. The molecule has 4 rings (SSSR count). The normalized spacial score (nSPS) is 22.3. The molecule has 2 aliphatic heterocycles. The van der Waals surface area contributed by atoms with E-state index in [-0.39, 0.29) is 23.5 Å². The van der Waals surface area contributed by atoms with Crippen molar-refractivity contribution in [2.75, 3.05) is 32.7 Å². The number of likely N-dealkylation sites (tertiary alicyclic amines) is 1.